The Balaban J connectivity index is 2.05. The van der Waals surface area contributed by atoms with Crippen LogP contribution in [0.3, 0.4) is 0 Å². The van der Waals surface area contributed by atoms with E-state index >= 15 is 0 Å². The summed E-state index contributed by atoms with van der Waals surface area (Å²) in [5.74, 6) is 1.11. The predicted molar refractivity (Wildman–Crippen MR) is 96.1 cm³/mol. The van der Waals surface area contributed by atoms with Gasteiger partial charge < -0.3 is 18.9 Å². The van der Waals surface area contributed by atoms with Crippen molar-refractivity contribution in [2.45, 2.75) is 6.61 Å². The Labute approximate surface area is 152 Å². The third kappa shape index (κ3) is 4.77. The van der Waals surface area contributed by atoms with Crippen LogP contribution in [0.1, 0.15) is 16.7 Å². The predicted octanol–water partition coefficient (Wildman–Crippen LogP) is 3.34. The summed E-state index contributed by atoms with van der Waals surface area (Å²) < 4.78 is 21.0. The summed E-state index contributed by atoms with van der Waals surface area (Å²) in [5, 5.41) is 8.77. The highest BCUT2D eigenvalue weighted by molar-refractivity contribution is 5.87. The van der Waals surface area contributed by atoms with E-state index in [1.54, 1.807) is 42.5 Å². The molecule has 0 aliphatic heterocycles. The molecule has 0 unspecified atom stereocenters. The zero-order valence-electron chi connectivity index (χ0n) is 14.8. The Morgan fingerprint density at radius 1 is 1.00 bits per heavy atom. The van der Waals surface area contributed by atoms with Crippen LogP contribution in [0.15, 0.2) is 42.5 Å². The number of esters is 1. The maximum atomic E-state index is 11.9. The summed E-state index contributed by atoms with van der Waals surface area (Å²) in [4.78, 5) is 11.9. The average Bonchev–Trinajstić information content (AvgIpc) is 2.70. The summed E-state index contributed by atoms with van der Waals surface area (Å²) in [6, 6.07) is 12.3. The Hall–Kier alpha value is -3.46. The Morgan fingerprint density at radius 2 is 1.62 bits per heavy atom. The van der Waals surface area contributed by atoms with Crippen molar-refractivity contribution in [3.63, 3.8) is 0 Å². The van der Waals surface area contributed by atoms with Gasteiger partial charge in [0.15, 0.2) is 11.5 Å². The molecule has 0 saturated carbocycles. The van der Waals surface area contributed by atoms with Gasteiger partial charge in [-0.3, -0.25) is 0 Å². The molecule has 2 aromatic carbocycles. The van der Waals surface area contributed by atoms with E-state index in [9.17, 15) is 4.79 Å². The summed E-state index contributed by atoms with van der Waals surface area (Å²) in [6.45, 7) is 0.123. The van der Waals surface area contributed by atoms with E-state index in [4.69, 9.17) is 24.2 Å². The number of carbonyl (C=O) groups is 1. The highest BCUT2D eigenvalue weighted by Crippen LogP contribution is 2.35. The molecule has 0 aromatic heterocycles. The normalized spacial score (nSPS) is 10.2. The minimum absolute atomic E-state index is 0.123. The number of ether oxygens (including phenoxy) is 4. The maximum Gasteiger partial charge on any atom is 0.331 e. The molecule has 0 heterocycles. The zero-order valence-corrected chi connectivity index (χ0v) is 14.8. The summed E-state index contributed by atoms with van der Waals surface area (Å²) in [5.41, 5.74) is 2.01. The third-order valence-electron chi connectivity index (χ3n) is 3.60. The van der Waals surface area contributed by atoms with Gasteiger partial charge in [0.05, 0.1) is 33.0 Å². The molecule has 6 heteroatoms. The lowest BCUT2D eigenvalue weighted by Gasteiger charge is -2.12. The molecule has 0 atom stereocenters. The molecule has 0 N–H and O–H groups in total. The van der Waals surface area contributed by atoms with Crippen molar-refractivity contribution in [2.24, 2.45) is 0 Å². The fourth-order valence-electron chi connectivity index (χ4n) is 2.22. The number of carbonyl (C=O) groups excluding carboxylic acids is 1. The van der Waals surface area contributed by atoms with Gasteiger partial charge in [0, 0.05) is 17.7 Å². The standard InChI is InChI=1S/C20H19NO5/c1-23-17-11-19(25-3)18(24-2)10-16(17)8-9-20(22)26-13-15-6-4-14(12-21)5-7-15/h4-11H,13H2,1-3H3/b9-8+. The number of methoxy groups -OCH3 is 3. The van der Waals surface area contributed by atoms with Crippen LogP contribution >= 0.6 is 0 Å². The van der Waals surface area contributed by atoms with Gasteiger partial charge in [-0.15, -0.1) is 0 Å². The average molecular weight is 353 g/mol. The van der Waals surface area contributed by atoms with Crippen LogP contribution in [0.2, 0.25) is 0 Å². The van der Waals surface area contributed by atoms with E-state index in [2.05, 4.69) is 0 Å². The third-order valence-corrected chi connectivity index (χ3v) is 3.60. The van der Waals surface area contributed by atoms with Crippen LogP contribution < -0.4 is 14.2 Å². The summed E-state index contributed by atoms with van der Waals surface area (Å²) >= 11 is 0. The second-order valence-electron chi connectivity index (χ2n) is 5.20. The van der Waals surface area contributed by atoms with Crippen molar-refractivity contribution in [3.05, 3.63) is 59.2 Å². The fourth-order valence-corrected chi connectivity index (χ4v) is 2.22. The molecular weight excluding hydrogens is 334 g/mol. The van der Waals surface area contributed by atoms with Gasteiger partial charge in [0.2, 0.25) is 0 Å². The Kier molecular flexibility index (Phi) is 6.63. The second-order valence-corrected chi connectivity index (χ2v) is 5.20. The van der Waals surface area contributed by atoms with Crippen molar-refractivity contribution in [2.75, 3.05) is 21.3 Å². The van der Waals surface area contributed by atoms with E-state index in [-0.39, 0.29) is 6.61 Å². The molecule has 0 aliphatic carbocycles. The van der Waals surface area contributed by atoms with Gasteiger partial charge in [-0.05, 0) is 29.8 Å². The monoisotopic (exact) mass is 353 g/mol. The molecule has 134 valence electrons. The summed E-state index contributed by atoms with van der Waals surface area (Å²) in [7, 11) is 4.60. The quantitative estimate of drug-likeness (QED) is 0.561. The van der Waals surface area contributed by atoms with Crippen molar-refractivity contribution in [1.82, 2.24) is 0 Å². The Morgan fingerprint density at radius 3 is 2.19 bits per heavy atom. The maximum absolute atomic E-state index is 11.9. The summed E-state index contributed by atoms with van der Waals surface area (Å²) in [6.07, 6.45) is 2.90. The van der Waals surface area contributed by atoms with E-state index in [1.807, 2.05) is 6.07 Å². The number of hydrogen-bond donors (Lipinski definition) is 0. The van der Waals surface area contributed by atoms with Gasteiger partial charge in [-0.1, -0.05) is 12.1 Å². The molecule has 0 amide bonds. The number of benzene rings is 2. The van der Waals surface area contributed by atoms with Crippen LogP contribution in [-0.4, -0.2) is 27.3 Å². The van der Waals surface area contributed by atoms with E-state index in [0.717, 1.165) is 5.56 Å². The van der Waals surface area contributed by atoms with E-state index < -0.39 is 5.97 Å². The first-order valence-corrected chi connectivity index (χ1v) is 7.75. The Bertz CT molecular complexity index is 835. The minimum atomic E-state index is -0.494. The van der Waals surface area contributed by atoms with E-state index in [0.29, 0.717) is 28.4 Å². The van der Waals surface area contributed by atoms with Crippen molar-refractivity contribution >= 4 is 12.0 Å². The van der Waals surface area contributed by atoms with Gasteiger partial charge in [0.1, 0.15) is 12.4 Å². The fraction of sp³-hybridized carbons (Fsp3) is 0.200. The minimum Gasteiger partial charge on any atom is -0.496 e. The lowest BCUT2D eigenvalue weighted by Crippen LogP contribution is -2.01. The van der Waals surface area contributed by atoms with Crippen LogP contribution in [0, 0.1) is 11.3 Å². The molecule has 6 nitrogen and oxygen atoms in total. The van der Waals surface area contributed by atoms with Crippen LogP contribution in [-0.2, 0) is 16.1 Å². The highest BCUT2D eigenvalue weighted by atomic mass is 16.5. The molecule has 0 fully saturated rings. The topological polar surface area (TPSA) is 77.8 Å². The number of hydrogen-bond acceptors (Lipinski definition) is 6. The zero-order chi connectivity index (χ0) is 18.9. The van der Waals surface area contributed by atoms with Gasteiger partial charge in [-0.2, -0.15) is 5.26 Å². The van der Waals surface area contributed by atoms with Gasteiger partial charge in [0.25, 0.3) is 0 Å². The molecule has 0 radical (unpaired) electrons. The lowest BCUT2D eigenvalue weighted by molar-refractivity contribution is -0.138. The highest BCUT2D eigenvalue weighted by Gasteiger charge is 2.10. The van der Waals surface area contributed by atoms with Crippen LogP contribution in [0.5, 0.6) is 17.2 Å². The molecule has 2 rings (SSSR count). The van der Waals surface area contributed by atoms with Crippen LogP contribution in [0.4, 0.5) is 0 Å². The molecule has 26 heavy (non-hydrogen) atoms. The second kappa shape index (κ2) is 9.14. The van der Waals surface area contributed by atoms with Crippen molar-refractivity contribution in [1.29, 1.82) is 5.26 Å². The number of nitrogens with zero attached hydrogens (tertiary/aromatic N) is 1. The lowest BCUT2D eigenvalue weighted by atomic mass is 10.1. The molecule has 0 spiro atoms. The smallest absolute Gasteiger partial charge is 0.331 e. The molecule has 0 aliphatic rings. The molecule has 0 bridgehead atoms. The SMILES string of the molecule is COc1cc(OC)c(OC)cc1/C=C/C(=O)OCc1ccc(C#N)cc1. The molecular formula is C20H19NO5. The van der Waals surface area contributed by atoms with Crippen molar-refractivity contribution < 1.29 is 23.7 Å². The first-order valence-electron chi connectivity index (χ1n) is 7.75. The molecule has 0 saturated heterocycles. The van der Waals surface area contributed by atoms with Crippen LogP contribution in [0.25, 0.3) is 6.08 Å². The largest absolute Gasteiger partial charge is 0.496 e. The van der Waals surface area contributed by atoms with E-state index in [1.165, 1.54) is 27.4 Å². The first kappa shape index (κ1) is 18.9. The van der Waals surface area contributed by atoms with Gasteiger partial charge in [-0.25, -0.2) is 4.79 Å². The molecule has 2 aromatic rings. The van der Waals surface area contributed by atoms with Gasteiger partial charge >= 0.3 is 5.97 Å². The number of nitriles is 1. The van der Waals surface area contributed by atoms with Crippen molar-refractivity contribution in [3.8, 4) is 23.3 Å². The number of rotatable bonds is 7. The first-order chi connectivity index (χ1) is 12.6.